The maximum atomic E-state index is 5.61. The summed E-state index contributed by atoms with van der Waals surface area (Å²) in [7, 11) is 0. The van der Waals surface area contributed by atoms with E-state index in [0.29, 0.717) is 0 Å². The third kappa shape index (κ3) is 0.582. The third-order valence-electron chi connectivity index (χ3n) is 4.16. The molecule has 60 valence electrons. The number of hydrogen-bond acceptors (Lipinski definition) is 1. The van der Waals surface area contributed by atoms with Crippen molar-refractivity contribution in [3.63, 3.8) is 0 Å². The fourth-order valence-corrected chi connectivity index (χ4v) is 3.69. The number of allylic oxidation sites excluding steroid dienone is 1. The van der Waals surface area contributed by atoms with E-state index in [0.717, 1.165) is 23.7 Å². The van der Waals surface area contributed by atoms with E-state index in [-0.39, 0.29) is 0 Å². The molecular formula is C10H15N. The zero-order chi connectivity index (χ0) is 7.42. The van der Waals surface area contributed by atoms with Crippen LogP contribution in [0.4, 0.5) is 0 Å². The van der Waals surface area contributed by atoms with Gasteiger partial charge in [-0.1, -0.05) is 0 Å². The minimum Gasteiger partial charge on any atom is -0.405 e. The molecule has 1 heteroatoms. The number of nitrogens with two attached hydrogens (primary N) is 1. The molecule has 0 spiro atoms. The molecule has 3 fully saturated rings. The predicted octanol–water partition coefficient (Wildman–Crippen LogP) is 1.90. The van der Waals surface area contributed by atoms with Gasteiger partial charge in [-0.3, -0.25) is 0 Å². The van der Waals surface area contributed by atoms with E-state index in [1.807, 2.05) is 6.20 Å². The van der Waals surface area contributed by atoms with Crippen molar-refractivity contribution in [1.82, 2.24) is 0 Å². The van der Waals surface area contributed by atoms with Crippen molar-refractivity contribution in [2.24, 2.45) is 29.4 Å². The van der Waals surface area contributed by atoms with Gasteiger partial charge in [-0.15, -0.1) is 0 Å². The lowest BCUT2D eigenvalue weighted by Gasteiger charge is -2.44. The number of fused-ring (bicyclic) bond motifs is 1. The van der Waals surface area contributed by atoms with Crippen molar-refractivity contribution < 1.29 is 0 Å². The summed E-state index contributed by atoms with van der Waals surface area (Å²) >= 11 is 0. The molecule has 2 N–H and O–H groups in total. The van der Waals surface area contributed by atoms with Crippen LogP contribution in [0.5, 0.6) is 0 Å². The largest absolute Gasteiger partial charge is 0.405 e. The maximum absolute atomic E-state index is 5.61. The molecule has 3 aliphatic rings. The summed E-state index contributed by atoms with van der Waals surface area (Å²) in [4.78, 5) is 0. The first-order valence-electron chi connectivity index (χ1n) is 4.82. The molecule has 0 aromatic heterocycles. The Morgan fingerprint density at radius 1 is 1.18 bits per heavy atom. The van der Waals surface area contributed by atoms with Crippen LogP contribution < -0.4 is 5.73 Å². The molecule has 0 heterocycles. The van der Waals surface area contributed by atoms with Gasteiger partial charge in [0.05, 0.1) is 0 Å². The molecule has 3 saturated carbocycles. The van der Waals surface area contributed by atoms with Crippen LogP contribution >= 0.6 is 0 Å². The fraction of sp³-hybridized carbons (Fsp3) is 0.800. The summed E-state index contributed by atoms with van der Waals surface area (Å²) in [6.07, 6.45) is 7.81. The molecule has 4 unspecified atom stereocenters. The van der Waals surface area contributed by atoms with Crippen molar-refractivity contribution in [1.29, 1.82) is 0 Å². The summed E-state index contributed by atoms with van der Waals surface area (Å²) in [6, 6.07) is 0. The summed E-state index contributed by atoms with van der Waals surface area (Å²) in [5.41, 5.74) is 7.22. The van der Waals surface area contributed by atoms with Crippen molar-refractivity contribution in [2.75, 3.05) is 0 Å². The van der Waals surface area contributed by atoms with Crippen LogP contribution in [0.1, 0.15) is 25.7 Å². The average molecular weight is 149 g/mol. The van der Waals surface area contributed by atoms with Crippen molar-refractivity contribution in [3.8, 4) is 0 Å². The molecule has 4 atom stereocenters. The maximum Gasteiger partial charge on any atom is -0.00646 e. The number of rotatable bonds is 0. The van der Waals surface area contributed by atoms with Gasteiger partial charge in [0.15, 0.2) is 0 Å². The van der Waals surface area contributed by atoms with Gasteiger partial charge in [-0.2, -0.15) is 0 Å². The first kappa shape index (κ1) is 6.10. The SMILES string of the molecule is NC=C1C2CCC3CC1C2C3. The Labute approximate surface area is 67.7 Å². The van der Waals surface area contributed by atoms with Crippen LogP contribution in [-0.4, -0.2) is 0 Å². The molecule has 11 heavy (non-hydrogen) atoms. The van der Waals surface area contributed by atoms with Crippen molar-refractivity contribution in [3.05, 3.63) is 11.8 Å². The van der Waals surface area contributed by atoms with E-state index >= 15 is 0 Å². The second kappa shape index (κ2) is 1.82. The summed E-state index contributed by atoms with van der Waals surface area (Å²) in [5.74, 6) is 3.98. The zero-order valence-electron chi connectivity index (χ0n) is 6.79. The second-order valence-corrected chi connectivity index (χ2v) is 4.46. The Morgan fingerprint density at radius 2 is 2.09 bits per heavy atom. The van der Waals surface area contributed by atoms with Gasteiger partial charge in [-0.25, -0.2) is 0 Å². The molecule has 0 aliphatic heterocycles. The lowest BCUT2D eigenvalue weighted by atomic mass is 9.60. The van der Waals surface area contributed by atoms with E-state index in [1.165, 1.54) is 25.7 Å². The van der Waals surface area contributed by atoms with Crippen LogP contribution in [-0.2, 0) is 0 Å². The standard InChI is InChI=1S/C10H15N/c11-5-10-7-2-1-6-3-8(7)9(10)4-6/h5-9H,1-4,11H2. The molecule has 3 rings (SSSR count). The van der Waals surface area contributed by atoms with Gasteiger partial charge in [-0.05, 0) is 61.1 Å². The molecule has 0 saturated heterocycles. The number of hydrogen-bond donors (Lipinski definition) is 1. The van der Waals surface area contributed by atoms with Gasteiger partial charge in [0, 0.05) is 0 Å². The molecular weight excluding hydrogens is 134 g/mol. The summed E-state index contributed by atoms with van der Waals surface area (Å²) in [6.45, 7) is 0. The quantitative estimate of drug-likeness (QED) is 0.559. The van der Waals surface area contributed by atoms with Gasteiger partial charge >= 0.3 is 0 Å². The summed E-state index contributed by atoms with van der Waals surface area (Å²) in [5, 5.41) is 0. The van der Waals surface area contributed by atoms with E-state index < -0.39 is 0 Å². The van der Waals surface area contributed by atoms with Gasteiger partial charge < -0.3 is 5.73 Å². The Balaban J connectivity index is 1.97. The average Bonchev–Trinajstić information content (AvgIpc) is 2.20. The van der Waals surface area contributed by atoms with Crippen molar-refractivity contribution in [2.45, 2.75) is 25.7 Å². The Bertz CT molecular complexity index is 211. The van der Waals surface area contributed by atoms with E-state index in [4.69, 9.17) is 5.73 Å². The van der Waals surface area contributed by atoms with Gasteiger partial charge in [0.1, 0.15) is 0 Å². The smallest absolute Gasteiger partial charge is 0.00646 e. The van der Waals surface area contributed by atoms with Gasteiger partial charge in [0.2, 0.25) is 0 Å². The normalized spacial score (nSPS) is 56.2. The minimum atomic E-state index is 0.920. The lowest BCUT2D eigenvalue weighted by Crippen LogP contribution is -2.37. The summed E-state index contributed by atoms with van der Waals surface area (Å²) < 4.78 is 0. The van der Waals surface area contributed by atoms with Crippen LogP contribution in [0.2, 0.25) is 0 Å². The minimum absolute atomic E-state index is 0.920. The molecule has 0 aromatic carbocycles. The van der Waals surface area contributed by atoms with Crippen LogP contribution in [0.15, 0.2) is 11.8 Å². The highest BCUT2D eigenvalue weighted by atomic mass is 14.6. The first-order valence-corrected chi connectivity index (χ1v) is 4.82. The Hall–Kier alpha value is -0.460. The highest BCUT2D eigenvalue weighted by molar-refractivity contribution is 5.27. The monoisotopic (exact) mass is 149 g/mol. The molecule has 2 bridgehead atoms. The first-order chi connectivity index (χ1) is 5.40. The molecule has 1 nitrogen and oxygen atoms in total. The van der Waals surface area contributed by atoms with E-state index in [2.05, 4.69) is 0 Å². The van der Waals surface area contributed by atoms with E-state index in [9.17, 15) is 0 Å². The van der Waals surface area contributed by atoms with Crippen LogP contribution in [0, 0.1) is 23.7 Å². The predicted molar refractivity (Wildman–Crippen MR) is 44.7 cm³/mol. The lowest BCUT2D eigenvalue weighted by molar-refractivity contribution is 0.173. The zero-order valence-corrected chi connectivity index (χ0v) is 6.79. The highest BCUT2D eigenvalue weighted by Crippen LogP contribution is 2.62. The molecule has 3 aliphatic carbocycles. The van der Waals surface area contributed by atoms with Gasteiger partial charge in [0.25, 0.3) is 0 Å². The highest BCUT2D eigenvalue weighted by Gasteiger charge is 2.53. The third-order valence-corrected chi connectivity index (χ3v) is 4.16. The molecule has 0 amide bonds. The Morgan fingerprint density at radius 3 is 2.91 bits per heavy atom. The molecule has 0 radical (unpaired) electrons. The molecule has 0 aromatic rings. The second-order valence-electron chi connectivity index (χ2n) is 4.46. The van der Waals surface area contributed by atoms with E-state index in [1.54, 1.807) is 5.57 Å². The Kier molecular flexibility index (Phi) is 1.01. The van der Waals surface area contributed by atoms with Crippen LogP contribution in [0.3, 0.4) is 0 Å². The van der Waals surface area contributed by atoms with Crippen LogP contribution in [0.25, 0.3) is 0 Å². The fourth-order valence-electron chi connectivity index (χ4n) is 3.69. The topological polar surface area (TPSA) is 26.0 Å². The van der Waals surface area contributed by atoms with Crippen molar-refractivity contribution >= 4 is 0 Å².